The van der Waals surface area contributed by atoms with Gasteiger partial charge in [-0.1, -0.05) is 66.3 Å². The highest BCUT2D eigenvalue weighted by Crippen LogP contribution is 2.17. The fourth-order valence-electron chi connectivity index (χ4n) is 2.60. The van der Waals surface area contributed by atoms with Crippen LogP contribution in [0.5, 0.6) is 0 Å². The Morgan fingerprint density at radius 1 is 1.13 bits per heavy atom. The molecule has 2 N–H and O–H groups in total. The molecule has 0 aliphatic carbocycles. The first-order chi connectivity index (χ1) is 14.5. The van der Waals surface area contributed by atoms with E-state index in [0.29, 0.717) is 22.3 Å². The molecule has 0 bridgehead atoms. The molecule has 0 aliphatic heterocycles. The standard InChI is InChI=1S/C21H21ClN4O3S/c1-14(15-6-3-2-4-7-15)11-23-18(27)12-29-13-19-25-26-21(30-19)20(28)24-17-9-5-8-16(22)10-17/h2-10,14H,11-13H2,1H3,(H,23,27)(H,24,28)/t14-/m0/s1. The summed E-state index contributed by atoms with van der Waals surface area (Å²) in [5.41, 5.74) is 1.73. The molecule has 1 heterocycles. The van der Waals surface area contributed by atoms with Gasteiger partial charge in [-0.05, 0) is 29.7 Å². The van der Waals surface area contributed by atoms with E-state index >= 15 is 0 Å². The normalized spacial score (nSPS) is 11.7. The molecule has 9 heteroatoms. The van der Waals surface area contributed by atoms with Gasteiger partial charge in [-0.2, -0.15) is 0 Å². The zero-order valence-electron chi connectivity index (χ0n) is 16.3. The number of nitrogens with one attached hydrogen (secondary N) is 2. The van der Waals surface area contributed by atoms with E-state index in [1.807, 2.05) is 37.3 Å². The lowest BCUT2D eigenvalue weighted by Crippen LogP contribution is -2.30. The maximum atomic E-state index is 12.2. The van der Waals surface area contributed by atoms with Crippen LogP contribution in [-0.4, -0.2) is 35.2 Å². The third-order valence-electron chi connectivity index (χ3n) is 4.18. The molecule has 156 valence electrons. The van der Waals surface area contributed by atoms with Gasteiger partial charge in [0.15, 0.2) is 0 Å². The summed E-state index contributed by atoms with van der Waals surface area (Å²) in [6.45, 7) is 2.58. The number of hydrogen-bond donors (Lipinski definition) is 2. The zero-order chi connectivity index (χ0) is 21.3. The van der Waals surface area contributed by atoms with Gasteiger partial charge in [-0.3, -0.25) is 9.59 Å². The number of hydrogen-bond acceptors (Lipinski definition) is 6. The molecule has 3 aromatic rings. The van der Waals surface area contributed by atoms with E-state index in [9.17, 15) is 9.59 Å². The number of carbonyl (C=O) groups excluding carboxylic acids is 2. The van der Waals surface area contributed by atoms with E-state index in [2.05, 4.69) is 20.8 Å². The van der Waals surface area contributed by atoms with Gasteiger partial charge in [0.1, 0.15) is 18.2 Å². The van der Waals surface area contributed by atoms with Crippen LogP contribution in [-0.2, 0) is 16.1 Å². The molecule has 1 atom stereocenters. The Kier molecular flexibility index (Phi) is 7.89. The van der Waals surface area contributed by atoms with E-state index in [1.54, 1.807) is 24.3 Å². The first-order valence-corrected chi connectivity index (χ1v) is 10.5. The first kappa shape index (κ1) is 21.9. The minimum atomic E-state index is -0.381. The highest BCUT2D eigenvalue weighted by atomic mass is 35.5. The Hall–Kier alpha value is -2.81. The number of carbonyl (C=O) groups is 2. The average molecular weight is 445 g/mol. The maximum absolute atomic E-state index is 12.2. The van der Waals surface area contributed by atoms with E-state index in [4.69, 9.17) is 16.3 Å². The van der Waals surface area contributed by atoms with Crippen molar-refractivity contribution >= 4 is 40.4 Å². The first-order valence-electron chi connectivity index (χ1n) is 9.30. The summed E-state index contributed by atoms with van der Waals surface area (Å²) < 4.78 is 5.39. The number of benzene rings is 2. The molecular weight excluding hydrogens is 424 g/mol. The van der Waals surface area contributed by atoms with Crippen molar-refractivity contribution < 1.29 is 14.3 Å². The molecule has 0 fully saturated rings. The Balaban J connectivity index is 1.39. The number of rotatable bonds is 9. The van der Waals surface area contributed by atoms with Gasteiger partial charge >= 0.3 is 0 Å². The molecule has 1 aromatic heterocycles. The van der Waals surface area contributed by atoms with Crippen LogP contribution in [0.1, 0.15) is 33.2 Å². The monoisotopic (exact) mass is 444 g/mol. The Morgan fingerprint density at radius 2 is 1.93 bits per heavy atom. The molecule has 30 heavy (non-hydrogen) atoms. The molecule has 0 spiro atoms. The summed E-state index contributed by atoms with van der Waals surface area (Å²) in [7, 11) is 0. The van der Waals surface area contributed by atoms with Crippen LogP contribution in [0.2, 0.25) is 5.02 Å². The molecule has 2 aromatic carbocycles. The van der Waals surface area contributed by atoms with Crippen molar-refractivity contribution in [3.05, 3.63) is 75.2 Å². The minimum Gasteiger partial charge on any atom is -0.364 e. The second-order valence-electron chi connectivity index (χ2n) is 6.57. The number of aromatic nitrogens is 2. The van der Waals surface area contributed by atoms with Gasteiger partial charge in [-0.15, -0.1) is 10.2 Å². The van der Waals surface area contributed by atoms with Gasteiger partial charge in [0.2, 0.25) is 10.9 Å². The summed E-state index contributed by atoms with van der Waals surface area (Å²) in [6, 6.07) is 16.8. The van der Waals surface area contributed by atoms with Gasteiger partial charge in [0.25, 0.3) is 5.91 Å². The van der Waals surface area contributed by atoms with Crippen molar-refractivity contribution in [2.24, 2.45) is 0 Å². The van der Waals surface area contributed by atoms with Crippen molar-refractivity contribution in [1.82, 2.24) is 15.5 Å². The lowest BCUT2D eigenvalue weighted by molar-refractivity contribution is -0.126. The quantitative estimate of drug-likeness (QED) is 0.522. The molecule has 7 nitrogen and oxygen atoms in total. The van der Waals surface area contributed by atoms with E-state index in [0.717, 1.165) is 16.9 Å². The summed E-state index contributed by atoms with van der Waals surface area (Å²) >= 11 is 7.01. The molecule has 0 radical (unpaired) electrons. The van der Waals surface area contributed by atoms with Crippen LogP contribution in [0.4, 0.5) is 5.69 Å². The number of nitrogens with zero attached hydrogens (tertiary/aromatic N) is 2. The molecule has 0 aliphatic rings. The van der Waals surface area contributed by atoms with Crippen LogP contribution >= 0.6 is 22.9 Å². The lowest BCUT2D eigenvalue weighted by atomic mass is 10.0. The molecule has 0 saturated heterocycles. The highest BCUT2D eigenvalue weighted by Gasteiger charge is 2.14. The molecule has 0 saturated carbocycles. The topological polar surface area (TPSA) is 93.2 Å². The van der Waals surface area contributed by atoms with E-state index < -0.39 is 0 Å². The van der Waals surface area contributed by atoms with Crippen molar-refractivity contribution in [3.8, 4) is 0 Å². The molecule has 2 amide bonds. The van der Waals surface area contributed by atoms with Crippen LogP contribution in [0.3, 0.4) is 0 Å². The van der Waals surface area contributed by atoms with E-state index in [1.165, 1.54) is 0 Å². The maximum Gasteiger partial charge on any atom is 0.286 e. The second-order valence-corrected chi connectivity index (χ2v) is 8.07. The lowest BCUT2D eigenvalue weighted by Gasteiger charge is -2.13. The minimum absolute atomic E-state index is 0.0921. The van der Waals surface area contributed by atoms with Crippen LogP contribution in [0, 0.1) is 0 Å². The van der Waals surface area contributed by atoms with Crippen LogP contribution < -0.4 is 10.6 Å². The SMILES string of the molecule is C[C@@H](CNC(=O)COCc1nnc(C(=O)Nc2cccc(Cl)c2)s1)c1ccccc1. The highest BCUT2D eigenvalue weighted by molar-refractivity contribution is 7.13. The zero-order valence-corrected chi connectivity index (χ0v) is 17.9. The Morgan fingerprint density at radius 3 is 2.70 bits per heavy atom. The Labute approximate surface area is 183 Å². The van der Waals surface area contributed by atoms with Gasteiger partial charge < -0.3 is 15.4 Å². The van der Waals surface area contributed by atoms with Crippen molar-refractivity contribution in [1.29, 1.82) is 0 Å². The third kappa shape index (κ3) is 6.62. The summed E-state index contributed by atoms with van der Waals surface area (Å²) in [4.78, 5) is 24.2. The summed E-state index contributed by atoms with van der Waals surface area (Å²) in [5, 5.41) is 14.6. The predicted octanol–water partition coefficient (Wildman–Crippen LogP) is 3.88. The van der Waals surface area contributed by atoms with Gasteiger partial charge in [0, 0.05) is 17.3 Å². The van der Waals surface area contributed by atoms with Crippen LogP contribution in [0.15, 0.2) is 54.6 Å². The predicted molar refractivity (Wildman–Crippen MR) is 117 cm³/mol. The van der Waals surface area contributed by atoms with Crippen molar-refractivity contribution in [3.63, 3.8) is 0 Å². The van der Waals surface area contributed by atoms with Crippen molar-refractivity contribution in [2.45, 2.75) is 19.4 Å². The van der Waals surface area contributed by atoms with Crippen LogP contribution in [0.25, 0.3) is 0 Å². The largest absolute Gasteiger partial charge is 0.364 e. The summed E-state index contributed by atoms with van der Waals surface area (Å²) in [6.07, 6.45) is 0. The number of amides is 2. The fourth-order valence-corrected chi connectivity index (χ4v) is 3.47. The molecule has 3 rings (SSSR count). The number of ether oxygens (including phenoxy) is 1. The second kappa shape index (κ2) is 10.8. The van der Waals surface area contributed by atoms with Gasteiger partial charge in [-0.25, -0.2) is 0 Å². The molecular formula is C21H21ClN4O3S. The number of anilines is 1. The Bertz CT molecular complexity index is 997. The van der Waals surface area contributed by atoms with Gasteiger partial charge in [0.05, 0.1) is 0 Å². The van der Waals surface area contributed by atoms with Crippen molar-refractivity contribution in [2.75, 3.05) is 18.5 Å². The van der Waals surface area contributed by atoms with E-state index in [-0.39, 0.29) is 36.0 Å². The molecule has 0 unspecified atom stereocenters. The number of halogens is 1. The average Bonchev–Trinajstić information content (AvgIpc) is 3.22. The fraction of sp³-hybridized carbons (Fsp3) is 0.238. The third-order valence-corrected chi connectivity index (χ3v) is 5.31. The smallest absolute Gasteiger partial charge is 0.286 e. The summed E-state index contributed by atoms with van der Waals surface area (Å²) in [5.74, 6) is -0.381.